The van der Waals surface area contributed by atoms with Crippen molar-refractivity contribution in [3.63, 3.8) is 0 Å². The number of nitrogens with two attached hydrogens (primary N) is 1. The van der Waals surface area contributed by atoms with Gasteiger partial charge in [-0.05, 0) is 53.7 Å². The summed E-state index contributed by atoms with van der Waals surface area (Å²) in [5.74, 6) is 0.729. The molecule has 1 unspecified atom stereocenters. The highest BCUT2D eigenvalue weighted by atomic mass is 79.9. The molecule has 0 saturated carbocycles. The van der Waals surface area contributed by atoms with E-state index in [0.717, 1.165) is 28.1 Å². The summed E-state index contributed by atoms with van der Waals surface area (Å²) in [4.78, 5) is 0.418. The summed E-state index contributed by atoms with van der Waals surface area (Å²) < 4.78 is 0.941. The third-order valence-corrected chi connectivity index (χ3v) is 3.70. The largest absolute Gasteiger partial charge is 0.389 e. The van der Waals surface area contributed by atoms with Crippen molar-refractivity contribution in [1.29, 1.82) is 0 Å². The van der Waals surface area contributed by atoms with Gasteiger partial charge in [-0.15, -0.1) is 0 Å². The summed E-state index contributed by atoms with van der Waals surface area (Å²) in [7, 11) is 0. The lowest BCUT2D eigenvalue weighted by Gasteiger charge is -2.19. The molecular weight excluding hydrogens is 308 g/mol. The van der Waals surface area contributed by atoms with Crippen LogP contribution in [0.3, 0.4) is 0 Å². The summed E-state index contributed by atoms with van der Waals surface area (Å²) in [6.45, 7) is 6.67. The average molecular weight is 329 g/mol. The molecule has 1 atom stereocenters. The molecule has 4 heteroatoms. The van der Waals surface area contributed by atoms with Gasteiger partial charge >= 0.3 is 0 Å². The van der Waals surface area contributed by atoms with Gasteiger partial charge in [-0.25, -0.2) is 0 Å². The molecule has 0 aliphatic carbocycles. The van der Waals surface area contributed by atoms with Gasteiger partial charge in [-0.1, -0.05) is 32.1 Å². The Balaban J connectivity index is 2.78. The van der Waals surface area contributed by atoms with Crippen LogP contribution < -0.4 is 11.1 Å². The number of hydrogen-bond acceptors (Lipinski definition) is 2. The minimum Gasteiger partial charge on any atom is -0.389 e. The van der Waals surface area contributed by atoms with E-state index in [9.17, 15) is 0 Å². The molecule has 0 aliphatic heterocycles. The molecule has 1 rings (SSSR count). The molecule has 0 heterocycles. The van der Waals surface area contributed by atoms with Crippen molar-refractivity contribution in [2.24, 2.45) is 11.7 Å². The first-order chi connectivity index (χ1) is 8.41. The van der Waals surface area contributed by atoms with Crippen LogP contribution in [0.1, 0.15) is 39.2 Å². The molecule has 0 aromatic heterocycles. The van der Waals surface area contributed by atoms with Gasteiger partial charge in [0.2, 0.25) is 0 Å². The van der Waals surface area contributed by atoms with Crippen LogP contribution in [0, 0.1) is 5.92 Å². The van der Waals surface area contributed by atoms with Crippen molar-refractivity contribution < 1.29 is 0 Å². The van der Waals surface area contributed by atoms with Crippen molar-refractivity contribution in [1.82, 2.24) is 0 Å². The molecule has 0 amide bonds. The molecule has 3 N–H and O–H groups in total. The second-order valence-electron chi connectivity index (χ2n) is 5.04. The van der Waals surface area contributed by atoms with Crippen LogP contribution >= 0.6 is 28.1 Å². The smallest absolute Gasteiger partial charge is 0.107 e. The van der Waals surface area contributed by atoms with E-state index in [4.69, 9.17) is 18.0 Å². The molecule has 100 valence electrons. The summed E-state index contributed by atoms with van der Waals surface area (Å²) in [6.07, 6.45) is 2.35. The minimum absolute atomic E-state index is 0.412. The molecule has 0 bridgehead atoms. The van der Waals surface area contributed by atoms with Crippen molar-refractivity contribution in [3.05, 3.63) is 28.2 Å². The maximum atomic E-state index is 5.77. The number of rotatable bonds is 6. The van der Waals surface area contributed by atoms with Crippen molar-refractivity contribution in [2.75, 3.05) is 5.32 Å². The first-order valence-electron chi connectivity index (χ1n) is 6.26. The van der Waals surface area contributed by atoms with Crippen molar-refractivity contribution in [2.45, 2.75) is 39.7 Å². The minimum atomic E-state index is 0.412. The number of hydrogen-bond donors (Lipinski definition) is 2. The van der Waals surface area contributed by atoms with E-state index in [1.54, 1.807) is 0 Å². The van der Waals surface area contributed by atoms with Crippen LogP contribution in [0.5, 0.6) is 0 Å². The quantitative estimate of drug-likeness (QED) is 0.764. The summed E-state index contributed by atoms with van der Waals surface area (Å²) in [5, 5.41) is 3.49. The fraction of sp³-hybridized carbons (Fsp3) is 0.500. The first-order valence-corrected chi connectivity index (χ1v) is 7.46. The Morgan fingerprint density at radius 2 is 2.00 bits per heavy atom. The molecule has 0 fully saturated rings. The number of benzene rings is 1. The fourth-order valence-electron chi connectivity index (χ4n) is 1.82. The third-order valence-electron chi connectivity index (χ3n) is 2.84. The molecule has 0 radical (unpaired) electrons. The number of halogens is 1. The van der Waals surface area contributed by atoms with Crippen LogP contribution in [-0.2, 0) is 0 Å². The van der Waals surface area contributed by atoms with E-state index in [-0.39, 0.29) is 0 Å². The molecule has 2 nitrogen and oxygen atoms in total. The Labute approximate surface area is 123 Å². The van der Waals surface area contributed by atoms with Gasteiger partial charge in [0.25, 0.3) is 0 Å². The zero-order chi connectivity index (χ0) is 13.7. The Morgan fingerprint density at radius 1 is 1.33 bits per heavy atom. The van der Waals surface area contributed by atoms with Crippen LogP contribution in [-0.4, -0.2) is 11.0 Å². The molecule has 0 spiro atoms. The predicted molar refractivity (Wildman–Crippen MR) is 87.2 cm³/mol. The van der Waals surface area contributed by atoms with Gasteiger partial charge in [0.05, 0.1) is 0 Å². The Morgan fingerprint density at radius 3 is 2.56 bits per heavy atom. The zero-order valence-corrected chi connectivity index (χ0v) is 13.6. The lowest BCUT2D eigenvalue weighted by Crippen LogP contribution is -2.20. The second kappa shape index (κ2) is 7.10. The van der Waals surface area contributed by atoms with Gasteiger partial charge in [0, 0.05) is 21.8 Å². The lowest BCUT2D eigenvalue weighted by molar-refractivity contribution is 0.527. The topological polar surface area (TPSA) is 38.0 Å². The van der Waals surface area contributed by atoms with E-state index >= 15 is 0 Å². The molecule has 0 aliphatic rings. The standard InChI is InChI=1S/C14H21BrN2S/c1-9(2)7-8-10(3)17-12-6-4-5-11(15)13(12)14(16)18/h4-6,9-10,17H,7-8H2,1-3H3,(H2,16,18). The maximum Gasteiger partial charge on any atom is 0.107 e. The molecule has 1 aromatic rings. The summed E-state index contributed by atoms with van der Waals surface area (Å²) >= 11 is 8.60. The van der Waals surface area contributed by atoms with E-state index in [1.807, 2.05) is 18.2 Å². The van der Waals surface area contributed by atoms with E-state index < -0.39 is 0 Å². The highest BCUT2D eigenvalue weighted by Gasteiger charge is 2.11. The monoisotopic (exact) mass is 328 g/mol. The normalized spacial score (nSPS) is 12.5. The van der Waals surface area contributed by atoms with Crippen molar-refractivity contribution >= 4 is 38.8 Å². The Kier molecular flexibility index (Phi) is 6.09. The Bertz CT molecular complexity index is 418. The summed E-state index contributed by atoms with van der Waals surface area (Å²) in [6, 6.07) is 6.38. The predicted octanol–water partition coefficient (Wildman–Crippen LogP) is 4.32. The maximum absolute atomic E-state index is 5.77. The van der Waals surface area contributed by atoms with Gasteiger partial charge in [-0.3, -0.25) is 0 Å². The van der Waals surface area contributed by atoms with Crippen molar-refractivity contribution in [3.8, 4) is 0 Å². The molecule has 1 aromatic carbocycles. The highest BCUT2D eigenvalue weighted by molar-refractivity contribution is 9.10. The SMILES string of the molecule is CC(C)CCC(C)Nc1cccc(Br)c1C(N)=S. The van der Waals surface area contributed by atoms with Crippen LogP contribution in [0.2, 0.25) is 0 Å². The van der Waals surface area contributed by atoms with E-state index in [2.05, 4.69) is 42.0 Å². The zero-order valence-electron chi connectivity index (χ0n) is 11.2. The van der Waals surface area contributed by atoms with E-state index in [0.29, 0.717) is 11.0 Å². The van der Waals surface area contributed by atoms with Gasteiger partial charge < -0.3 is 11.1 Å². The third kappa shape index (κ3) is 4.58. The van der Waals surface area contributed by atoms with Crippen LogP contribution in [0.15, 0.2) is 22.7 Å². The average Bonchev–Trinajstić information content (AvgIpc) is 2.26. The number of nitrogens with one attached hydrogen (secondary N) is 1. The second-order valence-corrected chi connectivity index (χ2v) is 6.34. The molecule has 18 heavy (non-hydrogen) atoms. The summed E-state index contributed by atoms with van der Waals surface area (Å²) in [5.41, 5.74) is 7.67. The van der Waals surface area contributed by atoms with Crippen LogP contribution in [0.4, 0.5) is 5.69 Å². The molecular formula is C14H21BrN2S. The number of thiocarbonyl (C=S) groups is 1. The Hall–Kier alpha value is -0.610. The van der Waals surface area contributed by atoms with Crippen LogP contribution in [0.25, 0.3) is 0 Å². The first kappa shape index (κ1) is 15.4. The number of anilines is 1. The highest BCUT2D eigenvalue weighted by Crippen LogP contribution is 2.26. The lowest BCUT2D eigenvalue weighted by atomic mass is 10.0. The molecule has 0 saturated heterocycles. The van der Waals surface area contributed by atoms with Gasteiger partial charge in [0.15, 0.2) is 0 Å². The van der Waals surface area contributed by atoms with Gasteiger partial charge in [-0.2, -0.15) is 0 Å². The van der Waals surface area contributed by atoms with Gasteiger partial charge in [0.1, 0.15) is 4.99 Å². The van der Waals surface area contributed by atoms with E-state index in [1.165, 1.54) is 6.42 Å². The fourth-order valence-corrected chi connectivity index (χ4v) is 2.75.